The number of rotatable bonds is 7. The molecule has 2 atom stereocenters. The van der Waals surface area contributed by atoms with Gasteiger partial charge in [-0.3, -0.25) is 14.9 Å². The first-order chi connectivity index (χ1) is 11.0. The molecule has 0 bridgehead atoms. The Labute approximate surface area is 134 Å². The van der Waals surface area contributed by atoms with E-state index in [-0.39, 0.29) is 11.6 Å². The Morgan fingerprint density at radius 1 is 1.17 bits per heavy atom. The minimum atomic E-state index is -0.559. The summed E-state index contributed by atoms with van der Waals surface area (Å²) in [5.74, 6) is -0.649. The topological polar surface area (TPSA) is 98.3 Å². The van der Waals surface area contributed by atoms with Crippen LogP contribution in [0.3, 0.4) is 0 Å². The van der Waals surface area contributed by atoms with Gasteiger partial charge in [-0.05, 0) is 11.1 Å². The second-order valence-corrected chi connectivity index (χ2v) is 5.38. The number of non-ortho nitro benzene ring substituents is 1. The molecular formula is C17H19N3O3. The first-order valence-corrected chi connectivity index (χ1v) is 7.30. The molecule has 6 heteroatoms. The van der Waals surface area contributed by atoms with Crippen LogP contribution in [0, 0.1) is 10.1 Å². The highest BCUT2D eigenvalue weighted by Crippen LogP contribution is 2.22. The van der Waals surface area contributed by atoms with Crippen molar-refractivity contribution in [2.24, 2.45) is 5.73 Å². The Hall–Kier alpha value is -2.73. The van der Waals surface area contributed by atoms with Gasteiger partial charge in [0.15, 0.2) is 0 Å². The second kappa shape index (κ2) is 7.51. The number of nitrogens with two attached hydrogens (primary N) is 1. The zero-order valence-corrected chi connectivity index (χ0v) is 12.8. The Bertz CT molecular complexity index is 671. The van der Waals surface area contributed by atoms with Gasteiger partial charge < -0.3 is 11.1 Å². The molecule has 120 valence electrons. The number of carbonyl (C=O) groups excluding carboxylic acids is 1. The van der Waals surface area contributed by atoms with Gasteiger partial charge in [0.25, 0.3) is 5.69 Å². The standard InChI is InChI=1S/C17H19N3O3/c1-12(14-7-9-15(10-8-14)20(22)23)16(17(18)21)19-11-13-5-3-2-4-6-13/h2-10,12,16,19H,11H2,1H3,(H2,18,21). The maximum Gasteiger partial charge on any atom is 0.269 e. The Morgan fingerprint density at radius 2 is 1.78 bits per heavy atom. The molecule has 0 saturated carbocycles. The molecule has 3 N–H and O–H groups in total. The van der Waals surface area contributed by atoms with Crippen molar-refractivity contribution in [3.8, 4) is 0 Å². The third-order valence-electron chi connectivity index (χ3n) is 3.81. The van der Waals surface area contributed by atoms with Crippen molar-refractivity contribution >= 4 is 11.6 Å². The minimum Gasteiger partial charge on any atom is -0.368 e. The SMILES string of the molecule is CC(c1ccc([N+](=O)[O-])cc1)C(NCc1ccccc1)C(N)=O. The average molecular weight is 313 g/mol. The van der Waals surface area contributed by atoms with Crippen LogP contribution in [0.5, 0.6) is 0 Å². The molecule has 0 aliphatic heterocycles. The summed E-state index contributed by atoms with van der Waals surface area (Å²) in [4.78, 5) is 22.0. The Kier molecular flexibility index (Phi) is 5.43. The van der Waals surface area contributed by atoms with Crippen LogP contribution in [-0.4, -0.2) is 16.9 Å². The predicted octanol–water partition coefficient (Wildman–Crippen LogP) is 2.34. The lowest BCUT2D eigenvalue weighted by atomic mass is 9.92. The lowest BCUT2D eigenvalue weighted by Gasteiger charge is -2.23. The highest BCUT2D eigenvalue weighted by molar-refractivity contribution is 5.81. The number of nitro groups is 1. The van der Waals surface area contributed by atoms with Crippen LogP contribution >= 0.6 is 0 Å². The van der Waals surface area contributed by atoms with Gasteiger partial charge in [0, 0.05) is 24.6 Å². The van der Waals surface area contributed by atoms with Gasteiger partial charge in [0.2, 0.25) is 5.91 Å². The maximum atomic E-state index is 11.8. The summed E-state index contributed by atoms with van der Waals surface area (Å²) in [5.41, 5.74) is 7.40. The number of nitro benzene ring substituents is 1. The van der Waals surface area contributed by atoms with Crippen molar-refractivity contribution in [1.29, 1.82) is 0 Å². The number of hydrogen-bond acceptors (Lipinski definition) is 4. The molecule has 0 aliphatic rings. The fraction of sp³-hybridized carbons (Fsp3) is 0.235. The molecule has 0 aliphatic carbocycles. The molecule has 0 fully saturated rings. The monoisotopic (exact) mass is 313 g/mol. The number of hydrogen-bond donors (Lipinski definition) is 2. The second-order valence-electron chi connectivity index (χ2n) is 5.38. The van der Waals surface area contributed by atoms with Gasteiger partial charge in [-0.15, -0.1) is 0 Å². The van der Waals surface area contributed by atoms with E-state index >= 15 is 0 Å². The molecular weight excluding hydrogens is 294 g/mol. The lowest BCUT2D eigenvalue weighted by molar-refractivity contribution is -0.384. The normalized spacial score (nSPS) is 13.3. The average Bonchev–Trinajstić information content (AvgIpc) is 2.55. The fourth-order valence-electron chi connectivity index (χ4n) is 2.44. The lowest BCUT2D eigenvalue weighted by Crippen LogP contribution is -2.44. The smallest absolute Gasteiger partial charge is 0.269 e. The number of primary amides is 1. The molecule has 2 unspecified atom stereocenters. The summed E-state index contributed by atoms with van der Waals surface area (Å²) in [7, 11) is 0. The van der Waals surface area contributed by atoms with Crippen LogP contribution in [-0.2, 0) is 11.3 Å². The molecule has 0 heterocycles. The third kappa shape index (κ3) is 4.37. The van der Waals surface area contributed by atoms with Gasteiger partial charge in [-0.25, -0.2) is 0 Å². The zero-order valence-electron chi connectivity index (χ0n) is 12.8. The molecule has 1 amide bonds. The van der Waals surface area contributed by atoms with E-state index in [0.717, 1.165) is 11.1 Å². The first-order valence-electron chi connectivity index (χ1n) is 7.30. The summed E-state index contributed by atoms with van der Waals surface area (Å²) in [6.45, 7) is 2.39. The Balaban J connectivity index is 2.10. The van der Waals surface area contributed by atoms with Gasteiger partial charge in [-0.2, -0.15) is 0 Å². The van der Waals surface area contributed by atoms with Crippen molar-refractivity contribution in [1.82, 2.24) is 5.32 Å². The van der Waals surface area contributed by atoms with E-state index in [1.54, 1.807) is 12.1 Å². The van der Waals surface area contributed by atoms with E-state index < -0.39 is 16.9 Å². The summed E-state index contributed by atoms with van der Waals surface area (Å²) >= 11 is 0. The van der Waals surface area contributed by atoms with Crippen molar-refractivity contribution < 1.29 is 9.72 Å². The fourth-order valence-corrected chi connectivity index (χ4v) is 2.44. The van der Waals surface area contributed by atoms with Gasteiger partial charge >= 0.3 is 0 Å². The molecule has 6 nitrogen and oxygen atoms in total. The highest BCUT2D eigenvalue weighted by Gasteiger charge is 2.24. The molecule has 0 saturated heterocycles. The minimum absolute atomic E-state index is 0.0221. The number of nitrogens with one attached hydrogen (secondary N) is 1. The predicted molar refractivity (Wildman–Crippen MR) is 87.8 cm³/mol. The van der Waals surface area contributed by atoms with Crippen molar-refractivity contribution in [3.05, 3.63) is 75.8 Å². The van der Waals surface area contributed by atoms with E-state index in [1.807, 2.05) is 37.3 Å². The first kappa shape index (κ1) is 16.6. The molecule has 2 rings (SSSR count). The molecule has 0 radical (unpaired) electrons. The summed E-state index contributed by atoms with van der Waals surface area (Å²) < 4.78 is 0. The highest BCUT2D eigenvalue weighted by atomic mass is 16.6. The molecule has 2 aromatic rings. The number of benzene rings is 2. The van der Waals surface area contributed by atoms with E-state index in [0.29, 0.717) is 6.54 Å². The van der Waals surface area contributed by atoms with Gasteiger partial charge in [-0.1, -0.05) is 49.4 Å². The largest absolute Gasteiger partial charge is 0.368 e. The summed E-state index contributed by atoms with van der Waals surface area (Å²) in [6.07, 6.45) is 0. The van der Waals surface area contributed by atoms with Crippen LogP contribution in [0.25, 0.3) is 0 Å². The van der Waals surface area contributed by atoms with Crippen molar-refractivity contribution in [2.75, 3.05) is 0 Å². The van der Waals surface area contributed by atoms with E-state index in [1.165, 1.54) is 12.1 Å². The van der Waals surface area contributed by atoms with E-state index in [2.05, 4.69) is 5.32 Å². The van der Waals surface area contributed by atoms with E-state index in [4.69, 9.17) is 5.73 Å². The summed E-state index contributed by atoms with van der Waals surface area (Å²) in [5, 5.41) is 13.9. The maximum absolute atomic E-state index is 11.8. The zero-order chi connectivity index (χ0) is 16.8. The summed E-state index contributed by atoms with van der Waals surface area (Å²) in [6, 6.07) is 15.3. The van der Waals surface area contributed by atoms with Crippen LogP contribution < -0.4 is 11.1 Å². The van der Waals surface area contributed by atoms with Crippen LogP contribution in [0.15, 0.2) is 54.6 Å². The number of nitrogens with zero attached hydrogens (tertiary/aromatic N) is 1. The van der Waals surface area contributed by atoms with Gasteiger partial charge in [0.05, 0.1) is 11.0 Å². The Morgan fingerprint density at radius 3 is 2.30 bits per heavy atom. The van der Waals surface area contributed by atoms with Gasteiger partial charge in [0.1, 0.15) is 0 Å². The molecule has 0 spiro atoms. The van der Waals surface area contributed by atoms with Crippen LogP contribution in [0.2, 0.25) is 0 Å². The van der Waals surface area contributed by atoms with E-state index in [9.17, 15) is 14.9 Å². The van der Waals surface area contributed by atoms with Crippen LogP contribution in [0.1, 0.15) is 24.0 Å². The quantitative estimate of drug-likeness (QED) is 0.605. The molecule has 0 aromatic heterocycles. The number of carbonyl (C=O) groups is 1. The molecule has 2 aromatic carbocycles. The number of amides is 1. The van der Waals surface area contributed by atoms with Crippen LogP contribution in [0.4, 0.5) is 5.69 Å². The van der Waals surface area contributed by atoms with Crippen molar-refractivity contribution in [3.63, 3.8) is 0 Å². The third-order valence-corrected chi connectivity index (χ3v) is 3.81. The molecule has 23 heavy (non-hydrogen) atoms. The van der Waals surface area contributed by atoms with Crippen molar-refractivity contribution in [2.45, 2.75) is 25.4 Å².